The Bertz CT molecular complexity index is 1310. The lowest BCUT2D eigenvalue weighted by molar-refractivity contribution is 0.699. The van der Waals surface area contributed by atoms with Crippen molar-refractivity contribution in [3.63, 3.8) is 0 Å². The zero-order valence-electron chi connectivity index (χ0n) is 15.6. The van der Waals surface area contributed by atoms with Crippen molar-refractivity contribution >= 4 is 23.0 Å². The molecule has 0 N–H and O–H groups in total. The van der Waals surface area contributed by atoms with E-state index in [2.05, 4.69) is 24.5 Å². The summed E-state index contributed by atoms with van der Waals surface area (Å²) >= 11 is 1.18. The molecule has 0 atom stereocenters. The summed E-state index contributed by atoms with van der Waals surface area (Å²) in [5.74, 6) is 0. The number of nitrogens with zero attached hydrogens (tertiary/aromatic N) is 4. The van der Waals surface area contributed by atoms with Gasteiger partial charge in [0.1, 0.15) is 16.8 Å². The average Bonchev–Trinajstić information content (AvgIpc) is 3.42. The highest BCUT2D eigenvalue weighted by Gasteiger charge is 2.26. The molecule has 0 bridgehead atoms. The van der Waals surface area contributed by atoms with Gasteiger partial charge in [-0.25, -0.2) is 0 Å². The molecule has 4 rings (SSSR count). The van der Waals surface area contributed by atoms with E-state index in [9.17, 15) is 15.3 Å². The first-order valence-electron chi connectivity index (χ1n) is 9.07. The molecule has 5 nitrogen and oxygen atoms in total. The number of rotatable bonds is 3. The maximum Gasteiger partial charge on any atom is 0.273 e. The second-order valence-electron chi connectivity index (χ2n) is 6.92. The topological polar surface area (TPSA) is 74.5 Å². The normalized spacial score (nSPS) is 13.9. The molecule has 1 fully saturated rings. The molecular formula is C22H18N4OS. The standard InChI is InChI=1S/C22H18N4OS/c1-14-10-16(15(2)25(14)19-8-9-19)11-20-21(27)26(18-6-4-3-5-7-18)22(28-20)17(12-23)13-24/h3-7,10-11,19H,8-9H2,1-2H3. The molecule has 1 aliphatic rings. The van der Waals surface area contributed by atoms with E-state index in [1.165, 1.54) is 34.4 Å². The Balaban J connectivity index is 2.01. The number of thiazole rings is 1. The smallest absolute Gasteiger partial charge is 0.273 e. The SMILES string of the molecule is Cc1cc(C=c2sc(=C(C#N)C#N)n(-c3ccccc3)c2=O)c(C)n1C1CC1. The molecule has 1 aromatic carbocycles. The van der Waals surface area contributed by atoms with Crippen molar-refractivity contribution in [3.05, 3.63) is 72.9 Å². The van der Waals surface area contributed by atoms with Crippen LogP contribution in [0.2, 0.25) is 0 Å². The summed E-state index contributed by atoms with van der Waals surface area (Å²) in [6, 6.07) is 15.6. The van der Waals surface area contributed by atoms with Crippen LogP contribution in [0.4, 0.5) is 0 Å². The first-order valence-corrected chi connectivity index (χ1v) is 9.88. The van der Waals surface area contributed by atoms with Gasteiger partial charge < -0.3 is 4.57 Å². The number of nitriles is 2. The van der Waals surface area contributed by atoms with Crippen LogP contribution in [0.15, 0.2) is 41.2 Å². The Morgan fingerprint density at radius 1 is 1.18 bits per heavy atom. The Kier molecular flexibility index (Phi) is 4.50. The number of benzene rings is 1. The first-order chi connectivity index (χ1) is 13.5. The minimum atomic E-state index is -0.217. The lowest BCUT2D eigenvalue weighted by Gasteiger charge is -2.06. The van der Waals surface area contributed by atoms with E-state index in [1.807, 2.05) is 36.4 Å². The largest absolute Gasteiger partial charge is 0.346 e. The van der Waals surface area contributed by atoms with Crippen molar-refractivity contribution in [2.24, 2.45) is 0 Å². The van der Waals surface area contributed by atoms with Crippen LogP contribution in [0, 0.1) is 36.5 Å². The predicted molar refractivity (Wildman–Crippen MR) is 110 cm³/mol. The highest BCUT2D eigenvalue weighted by atomic mass is 32.1. The van der Waals surface area contributed by atoms with Crippen molar-refractivity contribution < 1.29 is 0 Å². The summed E-state index contributed by atoms with van der Waals surface area (Å²) in [6.07, 6.45) is 4.27. The van der Waals surface area contributed by atoms with Gasteiger partial charge in [0.15, 0.2) is 5.57 Å². The average molecular weight is 386 g/mol. The summed E-state index contributed by atoms with van der Waals surface area (Å²) in [6.45, 7) is 4.16. The van der Waals surface area contributed by atoms with Gasteiger partial charge in [-0.2, -0.15) is 10.5 Å². The first kappa shape index (κ1) is 18.0. The summed E-state index contributed by atoms with van der Waals surface area (Å²) in [7, 11) is 0. The molecule has 2 heterocycles. The number of aryl methyl sites for hydroxylation is 1. The van der Waals surface area contributed by atoms with E-state index in [4.69, 9.17) is 0 Å². The number of hydrogen-bond donors (Lipinski definition) is 0. The van der Waals surface area contributed by atoms with Gasteiger partial charge in [-0.05, 0) is 56.5 Å². The van der Waals surface area contributed by atoms with E-state index < -0.39 is 0 Å². The number of para-hydroxylation sites is 1. The molecule has 0 radical (unpaired) electrons. The Labute approximate surface area is 166 Å². The van der Waals surface area contributed by atoms with Gasteiger partial charge in [-0.15, -0.1) is 11.3 Å². The molecule has 3 aromatic rings. The van der Waals surface area contributed by atoms with Crippen LogP contribution in [0.3, 0.4) is 0 Å². The molecule has 138 valence electrons. The van der Waals surface area contributed by atoms with Crippen LogP contribution in [0.25, 0.3) is 17.3 Å². The van der Waals surface area contributed by atoms with E-state index in [1.54, 1.807) is 12.1 Å². The molecule has 1 saturated carbocycles. The van der Waals surface area contributed by atoms with Crippen molar-refractivity contribution in [2.45, 2.75) is 32.7 Å². The van der Waals surface area contributed by atoms with Gasteiger partial charge >= 0.3 is 0 Å². The van der Waals surface area contributed by atoms with E-state index in [0.717, 1.165) is 11.3 Å². The van der Waals surface area contributed by atoms with Gasteiger partial charge in [0.25, 0.3) is 5.56 Å². The van der Waals surface area contributed by atoms with E-state index >= 15 is 0 Å². The third-order valence-electron chi connectivity index (χ3n) is 5.00. The molecule has 0 aliphatic heterocycles. The fourth-order valence-corrected chi connectivity index (χ4v) is 4.61. The van der Waals surface area contributed by atoms with E-state index in [-0.39, 0.29) is 11.1 Å². The maximum atomic E-state index is 13.2. The maximum absolute atomic E-state index is 13.2. The summed E-state index contributed by atoms with van der Waals surface area (Å²) in [5.41, 5.74) is 3.70. The van der Waals surface area contributed by atoms with Crippen molar-refractivity contribution in [2.75, 3.05) is 0 Å². The summed E-state index contributed by atoms with van der Waals surface area (Å²) < 4.78 is 4.66. The lowest BCUT2D eigenvalue weighted by Crippen LogP contribution is -2.30. The van der Waals surface area contributed by atoms with Gasteiger partial charge in [0, 0.05) is 17.4 Å². The summed E-state index contributed by atoms with van der Waals surface area (Å²) in [4.78, 5) is 13.2. The van der Waals surface area contributed by atoms with Crippen LogP contribution in [0.1, 0.15) is 35.8 Å². The van der Waals surface area contributed by atoms with Gasteiger partial charge in [-0.3, -0.25) is 9.36 Å². The van der Waals surface area contributed by atoms with Gasteiger partial charge in [-0.1, -0.05) is 18.2 Å². The Morgan fingerprint density at radius 2 is 1.86 bits per heavy atom. The molecule has 0 unspecified atom stereocenters. The van der Waals surface area contributed by atoms with Crippen molar-refractivity contribution in [3.8, 4) is 17.8 Å². The molecule has 0 saturated heterocycles. The Hall–Kier alpha value is -3.35. The van der Waals surface area contributed by atoms with Crippen LogP contribution in [-0.4, -0.2) is 9.13 Å². The second kappa shape index (κ2) is 6.99. The third-order valence-corrected chi connectivity index (χ3v) is 6.09. The molecular weight excluding hydrogens is 368 g/mol. The Morgan fingerprint density at radius 3 is 2.46 bits per heavy atom. The monoisotopic (exact) mass is 386 g/mol. The van der Waals surface area contributed by atoms with Crippen molar-refractivity contribution in [1.82, 2.24) is 9.13 Å². The fraction of sp³-hybridized carbons (Fsp3) is 0.227. The van der Waals surface area contributed by atoms with Gasteiger partial charge in [0.05, 0.1) is 10.2 Å². The fourth-order valence-electron chi connectivity index (χ4n) is 3.57. The molecule has 1 aliphatic carbocycles. The quantitative estimate of drug-likeness (QED) is 0.695. The van der Waals surface area contributed by atoms with Gasteiger partial charge in [0.2, 0.25) is 0 Å². The minimum absolute atomic E-state index is 0.0611. The van der Waals surface area contributed by atoms with Crippen LogP contribution < -0.4 is 14.8 Å². The molecule has 2 aromatic heterocycles. The molecule has 0 spiro atoms. The van der Waals surface area contributed by atoms with Crippen LogP contribution in [-0.2, 0) is 0 Å². The second-order valence-corrected chi connectivity index (χ2v) is 7.95. The number of aromatic nitrogens is 2. The zero-order chi connectivity index (χ0) is 19.8. The highest BCUT2D eigenvalue weighted by molar-refractivity contribution is 7.07. The zero-order valence-corrected chi connectivity index (χ0v) is 16.5. The predicted octanol–water partition coefficient (Wildman–Crippen LogP) is 2.68. The van der Waals surface area contributed by atoms with Crippen LogP contribution in [0.5, 0.6) is 0 Å². The van der Waals surface area contributed by atoms with Crippen molar-refractivity contribution in [1.29, 1.82) is 10.5 Å². The summed E-state index contributed by atoms with van der Waals surface area (Å²) in [5, 5.41) is 18.7. The minimum Gasteiger partial charge on any atom is -0.346 e. The van der Waals surface area contributed by atoms with E-state index in [0.29, 0.717) is 20.9 Å². The third kappa shape index (κ3) is 2.98. The van der Waals surface area contributed by atoms with Crippen LogP contribution >= 0.6 is 11.3 Å². The molecule has 28 heavy (non-hydrogen) atoms. The highest BCUT2D eigenvalue weighted by Crippen LogP contribution is 2.38. The molecule has 6 heteroatoms. The number of hydrogen-bond acceptors (Lipinski definition) is 4. The molecule has 0 amide bonds. The lowest BCUT2D eigenvalue weighted by atomic mass is 10.2.